The lowest BCUT2D eigenvalue weighted by Gasteiger charge is -2.09. The average Bonchev–Trinajstić information content (AvgIpc) is 3.31. The van der Waals surface area contributed by atoms with Crippen molar-refractivity contribution in [3.63, 3.8) is 0 Å². The zero-order valence-corrected chi connectivity index (χ0v) is 16.2. The predicted molar refractivity (Wildman–Crippen MR) is 108 cm³/mol. The monoisotopic (exact) mass is 380 g/mol. The maximum atomic E-state index is 5.52. The molecule has 0 fully saturated rings. The fraction of sp³-hybridized carbons (Fsp3) is 0.200. The summed E-state index contributed by atoms with van der Waals surface area (Å²) in [7, 11) is 3.58. The summed E-state index contributed by atoms with van der Waals surface area (Å²) in [6, 6.07) is 12.2. The topological polar surface area (TPSA) is 65.1 Å². The molecular formula is C20H20N4O2S. The molecule has 0 aliphatic rings. The summed E-state index contributed by atoms with van der Waals surface area (Å²) in [5.74, 6) is 1.52. The molecule has 0 spiro atoms. The smallest absolute Gasteiger partial charge is 0.187 e. The Kier molecular flexibility index (Phi) is 4.77. The molecular weight excluding hydrogens is 360 g/mol. The number of ether oxygens (including phenoxy) is 1. The molecule has 0 saturated carbocycles. The van der Waals surface area contributed by atoms with E-state index in [1.54, 1.807) is 11.8 Å². The molecule has 27 heavy (non-hydrogen) atoms. The highest BCUT2D eigenvalue weighted by Gasteiger charge is 2.12. The lowest BCUT2D eigenvalue weighted by molar-refractivity contribution is 0.404. The fourth-order valence-corrected chi connectivity index (χ4v) is 3.70. The van der Waals surface area contributed by atoms with Gasteiger partial charge >= 0.3 is 0 Å². The summed E-state index contributed by atoms with van der Waals surface area (Å²) in [4.78, 5) is 1.01. The van der Waals surface area contributed by atoms with Gasteiger partial charge in [0.1, 0.15) is 5.75 Å². The van der Waals surface area contributed by atoms with Crippen molar-refractivity contribution in [1.29, 1.82) is 0 Å². The zero-order valence-electron chi connectivity index (χ0n) is 15.4. The normalized spacial score (nSPS) is 11.1. The highest BCUT2D eigenvalue weighted by Crippen LogP contribution is 2.34. The Morgan fingerprint density at radius 1 is 1.19 bits per heavy atom. The van der Waals surface area contributed by atoms with Crippen LogP contribution in [0.4, 0.5) is 5.82 Å². The van der Waals surface area contributed by atoms with Crippen LogP contribution >= 0.6 is 11.9 Å². The minimum absolute atomic E-state index is 0.691. The van der Waals surface area contributed by atoms with Crippen molar-refractivity contribution in [3.8, 4) is 16.9 Å². The van der Waals surface area contributed by atoms with E-state index in [1.807, 2.05) is 43.7 Å². The molecule has 0 aliphatic carbocycles. The summed E-state index contributed by atoms with van der Waals surface area (Å²) in [5.41, 5.74) is 4.07. The number of benzene rings is 2. The molecule has 2 aromatic carbocycles. The number of fused-ring (bicyclic) bond motifs is 1. The molecule has 4 rings (SSSR count). The maximum Gasteiger partial charge on any atom is 0.187 e. The fourth-order valence-electron chi connectivity index (χ4n) is 2.89. The lowest BCUT2D eigenvalue weighted by atomic mass is 10.1. The third-order valence-corrected chi connectivity index (χ3v) is 5.24. The second kappa shape index (κ2) is 7.36. The van der Waals surface area contributed by atoms with Crippen molar-refractivity contribution >= 4 is 28.7 Å². The summed E-state index contributed by atoms with van der Waals surface area (Å²) < 4.78 is 16.0. The number of nitrogens with one attached hydrogen (secondary N) is 1. The number of hydrogen-bond acceptors (Lipinski definition) is 6. The van der Waals surface area contributed by atoms with Crippen molar-refractivity contribution in [2.45, 2.75) is 18.2 Å². The molecule has 0 saturated heterocycles. The Bertz CT molecular complexity index is 1090. The van der Waals surface area contributed by atoms with Gasteiger partial charge in [0.05, 0.1) is 23.6 Å². The van der Waals surface area contributed by atoms with Gasteiger partial charge < -0.3 is 14.0 Å². The van der Waals surface area contributed by atoms with E-state index in [9.17, 15) is 0 Å². The third kappa shape index (κ3) is 3.50. The van der Waals surface area contributed by atoms with Crippen LogP contribution in [-0.2, 0) is 13.5 Å². The highest BCUT2D eigenvalue weighted by molar-refractivity contribution is 8.00. The summed E-state index contributed by atoms with van der Waals surface area (Å²) in [5, 5.41) is 9.33. The van der Waals surface area contributed by atoms with E-state index in [2.05, 4.69) is 34.0 Å². The van der Waals surface area contributed by atoms with Gasteiger partial charge in [-0.2, -0.15) is 5.10 Å². The van der Waals surface area contributed by atoms with Crippen molar-refractivity contribution in [2.24, 2.45) is 7.05 Å². The van der Waals surface area contributed by atoms with Gasteiger partial charge in [-0.15, -0.1) is 0 Å². The van der Waals surface area contributed by atoms with Crippen molar-refractivity contribution < 1.29 is 9.26 Å². The van der Waals surface area contributed by atoms with Crippen LogP contribution in [0, 0.1) is 0 Å². The van der Waals surface area contributed by atoms with E-state index in [4.69, 9.17) is 9.26 Å². The Balaban J connectivity index is 1.58. The molecule has 0 unspecified atom stereocenters. The Labute approximate surface area is 161 Å². The van der Waals surface area contributed by atoms with E-state index in [0.29, 0.717) is 5.82 Å². The number of rotatable bonds is 6. The Hall–Kier alpha value is -2.93. The molecule has 2 heterocycles. The van der Waals surface area contributed by atoms with Crippen molar-refractivity contribution in [1.82, 2.24) is 14.9 Å². The van der Waals surface area contributed by atoms with Crippen molar-refractivity contribution in [2.75, 3.05) is 11.8 Å². The molecule has 2 aromatic heterocycles. The van der Waals surface area contributed by atoms with E-state index < -0.39 is 0 Å². The first-order chi connectivity index (χ1) is 13.2. The second-order valence-electron chi connectivity index (χ2n) is 6.19. The van der Waals surface area contributed by atoms with Gasteiger partial charge in [0.15, 0.2) is 11.4 Å². The zero-order chi connectivity index (χ0) is 18.8. The third-order valence-electron chi connectivity index (χ3n) is 4.40. The minimum Gasteiger partial charge on any atom is -0.496 e. The molecule has 1 N–H and O–H groups in total. The molecule has 0 atom stereocenters. The summed E-state index contributed by atoms with van der Waals surface area (Å²) >= 11 is 1.47. The van der Waals surface area contributed by atoms with Crippen LogP contribution in [0.15, 0.2) is 58.2 Å². The molecule has 4 aromatic rings. The number of anilines is 1. The van der Waals surface area contributed by atoms with Crippen LogP contribution < -0.4 is 9.46 Å². The molecule has 0 radical (unpaired) electrons. The summed E-state index contributed by atoms with van der Waals surface area (Å²) in [6.07, 6.45) is 4.78. The van der Waals surface area contributed by atoms with Crippen molar-refractivity contribution in [3.05, 3.63) is 54.4 Å². The number of methoxy groups -OCH3 is 1. The van der Waals surface area contributed by atoms with Crippen LogP contribution in [0.1, 0.15) is 12.5 Å². The van der Waals surface area contributed by atoms with Gasteiger partial charge in [0.25, 0.3) is 0 Å². The average molecular weight is 380 g/mol. The number of aryl methyl sites for hydroxylation is 2. The van der Waals surface area contributed by atoms with E-state index in [0.717, 1.165) is 39.2 Å². The molecule has 0 bridgehead atoms. The Morgan fingerprint density at radius 3 is 2.81 bits per heavy atom. The van der Waals surface area contributed by atoms with Crippen LogP contribution in [0.25, 0.3) is 22.1 Å². The predicted octanol–water partition coefficient (Wildman–Crippen LogP) is 4.92. The molecule has 138 valence electrons. The second-order valence-corrected chi connectivity index (χ2v) is 7.04. The van der Waals surface area contributed by atoms with E-state index >= 15 is 0 Å². The molecule has 6 nitrogen and oxygen atoms in total. The lowest BCUT2D eigenvalue weighted by Crippen LogP contribution is -1.93. The Morgan fingerprint density at radius 2 is 2.07 bits per heavy atom. The standard InChI is InChI=1S/C20H20N4O2S/c1-4-13-5-8-17(25-3)19(9-13)27-23-20-16-7-6-14(10-18(16)26-22-20)15-11-21-24(2)12-15/h5-12H,4H2,1-3H3,(H,22,23). The van der Waals surface area contributed by atoms with Gasteiger partial charge in [-0.05, 0) is 53.8 Å². The van der Waals surface area contributed by atoms with Crippen LogP contribution in [0.2, 0.25) is 0 Å². The number of hydrogen-bond donors (Lipinski definition) is 1. The van der Waals surface area contributed by atoms with E-state index in [-0.39, 0.29) is 0 Å². The largest absolute Gasteiger partial charge is 0.496 e. The van der Waals surface area contributed by atoms with Gasteiger partial charge in [0, 0.05) is 18.8 Å². The van der Waals surface area contributed by atoms with Gasteiger partial charge in [0.2, 0.25) is 0 Å². The van der Waals surface area contributed by atoms with Crippen LogP contribution in [0.5, 0.6) is 5.75 Å². The van der Waals surface area contributed by atoms with Crippen LogP contribution in [-0.4, -0.2) is 22.0 Å². The maximum absolute atomic E-state index is 5.52. The number of nitrogens with zero attached hydrogens (tertiary/aromatic N) is 3. The first-order valence-corrected chi connectivity index (χ1v) is 9.48. The van der Waals surface area contributed by atoms with Gasteiger partial charge in [-0.25, -0.2) is 0 Å². The quantitative estimate of drug-likeness (QED) is 0.479. The highest BCUT2D eigenvalue weighted by atomic mass is 32.2. The molecule has 0 aliphatic heterocycles. The molecule has 0 amide bonds. The first kappa shape index (κ1) is 17.5. The SMILES string of the molecule is CCc1ccc(OC)c(SNc2noc3cc(-c4cnn(C)c4)ccc23)c1. The molecule has 7 heteroatoms. The van der Waals surface area contributed by atoms with E-state index in [1.165, 1.54) is 17.5 Å². The number of aromatic nitrogens is 3. The van der Waals surface area contributed by atoms with Crippen LogP contribution in [0.3, 0.4) is 0 Å². The first-order valence-electron chi connectivity index (χ1n) is 8.66. The van der Waals surface area contributed by atoms with Gasteiger partial charge in [-0.1, -0.05) is 24.2 Å². The summed E-state index contributed by atoms with van der Waals surface area (Å²) in [6.45, 7) is 2.13. The van der Waals surface area contributed by atoms with Gasteiger partial charge in [-0.3, -0.25) is 4.68 Å². The minimum atomic E-state index is 0.691.